The fourth-order valence-corrected chi connectivity index (χ4v) is 4.53. The highest BCUT2D eigenvalue weighted by Crippen LogP contribution is 2.29. The number of amides is 1. The number of para-hydroxylation sites is 1. The van der Waals surface area contributed by atoms with Crippen molar-refractivity contribution in [3.05, 3.63) is 59.7 Å². The lowest BCUT2D eigenvalue weighted by Gasteiger charge is -2.31. The van der Waals surface area contributed by atoms with Crippen LogP contribution in [0.5, 0.6) is 0 Å². The molecule has 2 aromatic rings. The summed E-state index contributed by atoms with van der Waals surface area (Å²) in [6, 6.07) is 14.4. The second-order valence-electron chi connectivity index (χ2n) is 6.23. The Morgan fingerprint density at radius 3 is 2.62 bits per heavy atom. The third kappa shape index (κ3) is 2.96. The number of benzene rings is 2. The SMILES string of the molecule is Cc1cccc(S(=O)(=O)C(C)C(=O)N2CCCc3ccccc32)c1. The van der Waals surface area contributed by atoms with E-state index in [1.165, 1.54) is 6.92 Å². The molecule has 3 rings (SSSR count). The van der Waals surface area contributed by atoms with Crippen molar-refractivity contribution in [2.45, 2.75) is 36.8 Å². The summed E-state index contributed by atoms with van der Waals surface area (Å²) in [6.45, 7) is 3.88. The van der Waals surface area contributed by atoms with Gasteiger partial charge >= 0.3 is 0 Å². The van der Waals surface area contributed by atoms with Gasteiger partial charge in [-0.2, -0.15) is 0 Å². The van der Waals surface area contributed by atoms with Crippen LogP contribution in [0.2, 0.25) is 0 Å². The van der Waals surface area contributed by atoms with Crippen molar-refractivity contribution in [1.29, 1.82) is 0 Å². The third-order valence-corrected chi connectivity index (χ3v) is 6.55. The normalized spacial score (nSPS) is 15.7. The molecule has 2 aromatic carbocycles. The summed E-state index contributed by atoms with van der Waals surface area (Å²) in [5, 5.41) is -1.11. The maximum absolute atomic E-state index is 12.9. The molecule has 1 aliphatic rings. The second-order valence-corrected chi connectivity index (χ2v) is 8.49. The minimum absolute atomic E-state index is 0.202. The fraction of sp³-hybridized carbons (Fsp3) is 0.316. The molecule has 0 N–H and O–H groups in total. The number of hydrogen-bond acceptors (Lipinski definition) is 3. The van der Waals surface area contributed by atoms with E-state index in [-0.39, 0.29) is 10.8 Å². The van der Waals surface area contributed by atoms with E-state index in [1.807, 2.05) is 37.3 Å². The first kappa shape index (κ1) is 16.7. The largest absolute Gasteiger partial charge is 0.311 e. The molecular formula is C19H21NO3S. The van der Waals surface area contributed by atoms with Gasteiger partial charge in [0.05, 0.1) is 4.90 Å². The van der Waals surface area contributed by atoms with Crippen LogP contribution >= 0.6 is 0 Å². The van der Waals surface area contributed by atoms with Gasteiger partial charge in [0, 0.05) is 12.2 Å². The van der Waals surface area contributed by atoms with E-state index in [1.54, 1.807) is 23.1 Å². The van der Waals surface area contributed by atoms with Gasteiger partial charge in [0.2, 0.25) is 5.91 Å². The van der Waals surface area contributed by atoms with Crippen molar-refractivity contribution >= 4 is 21.4 Å². The van der Waals surface area contributed by atoms with Crippen LogP contribution in [0.3, 0.4) is 0 Å². The van der Waals surface area contributed by atoms with Crippen LogP contribution in [-0.4, -0.2) is 26.1 Å². The van der Waals surface area contributed by atoms with Gasteiger partial charge in [0.25, 0.3) is 0 Å². The maximum atomic E-state index is 12.9. The standard InChI is InChI=1S/C19H21NO3S/c1-14-7-5-10-17(13-14)24(22,23)15(2)19(21)20-12-6-9-16-8-3-4-11-18(16)20/h3-5,7-8,10-11,13,15H,6,9,12H2,1-2H3. The van der Waals surface area contributed by atoms with E-state index < -0.39 is 15.1 Å². The summed E-state index contributed by atoms with van der Waals surface area (Å²) in [5.74, 6) is -0.358. The molecule has 1 unspecified atom stereocenters. The quantitative estimate of drug-likeness (QED) is 0.860. The van der Waals surface area contributed by atoms with Gasteiger partial charge < -0.3 is 4.90 Å². The summed E-state index contributed by atoms with van der Waals surface area (Å²) in [6.07, 6.45) is 1.76. The highest BCUT2D eigenvalue weighted by Gasteiger charge is 2.35. The monoisotopic (exact) mass is 343 g/mol. The molecule has 0 aromatic heterocycles. The number of hydrogen-bond donors (Lipinski definition) is 0. The Labute approximate surface area is 143 Å². The molecule has 1 aliphatic heterocycles. The predicted octanol–water partition coefficient (Wildman–Crippen LogP) is 3.14. The number of anilines is 1. The molecule has 5 heteroatoms. The van der Waals surface area contributed by atoms with Crippen LogP contribution < -0.4 is 4.90 Å². The van der Waals surface area contributed by atoms with Gasteiger partial charge in [-0.25, -0.2) is 8.42 Å². The molecule has 0 bridgehead atoms. The lowest BCUT2D eigenvalue weighted by Crippen LogP contribution is -2.44. The lowest BCUT2D eigenvalue weighted by atomic mass is 10.0. The van der Waals surface area contributed by atoms with Crippen molar-refractivity contribution in [1.82, 2.24) is 0 Å². The molecule has 126 valence electrons. The third-order valence-electron chi connectivity index (χ3n) is 4.51. The Hall–Kier alpha value is -2.14. The Morgan fingerprint density at radius 1 is 1.12 bits per heavy atom. The molecule has 1 heterocycles. The molecule has 24 heavy (non-hydrogen) atoms. The van der Waals surface area contributed by atoms with E-state index in [0.29, 0.717) is 6.54 Å². The van der Waals surface area contributed by atoms with E-state index in [0.717, 1.165) is 29.7 Å². The number of carbonyl (C=O) groups is 1. The number of carbonyl (C=O) groups excluding carboxylic acids is 1. The van der Waals surface area contributed by atoms with Gasteiger partial charge in [0.15, 0.2) is 9.84 Å². The average molecular weight is 343 g/mol. The van der Waals surface area contributed by atoms with Crippen molar-refractivity contribution in [3.8, 4) is 0 Å². The summed E-state index contributed by atoms with van der Waals surface area (Å²) in [5.41, 5.74) is 2.79. The molecule has 0 saturated carbocycles. The van der Waals surface area contributed by atoms with E-state index in [2.05, 4.69) is 0 Å². The zero-order valence-corrected chi connectivity index (χ0v) is 14.7. The molecule has 0 spiro atoms. The second kappa shape index (κ2) is 6.40. The smallest absolute Gasteiger partial charge is 0.245 e. The van der Waals surface area contributed by atoms with Crippen molar-refractivity contribution in [2.24, 2.45) is 0 Å². The zero-order valence-electron chi connectivity index (χ0n) is 13.9. The molecule has 1 atom stereocenters. The number of rotatable bonds is 3. The topological polar surface area (TPSA) is 54.5 Å². The van der Waals surface area contributed by atoms with Gasteiger partial charge in [-0.05, 0) is 56.0 Å². The predicted molar refractivity (Wildman–Crippen MR) is 94.9 cm³/mol. The van der Waals surface area contributed by atoms with E-state index in [4.69, 9.17) is 0 Å². The summed E-state index contributed by atoms with van der Waals surface area (Å²) in [7, 11) is -3.70. The molecule has 0 radical (unpaired) electrons. The van der Waals surface area contributed by atoms with Crippen LogP contribution in [0.25, 0.3) is 0 Å². The zero-order chi connectivity index (χ0) is 17.3. The maximum Gasteiger partial charge on any atom is 0.245 e. The van der Waals surface area contributed by atoms with E-state index >= 15 is 0 Å². The van der Waals surface area contributed by atoms with Crippen LogP contribution in [0.15, 0.2) is 53.4 Å². The highest BCUT2D eigenvalue weighted by atomic mass is 32.2. The first-order chi connectivity index (χ1) is 11.4. The lowest BCUT2D eigenvalue weighted by molar-refractivity contribution is -0.118. The number of aryl methyl sites for hydroxylation is 2. The van der Waals surface area contributed by atoms with Gasteiger partial charge in [-0.15, -0.1) is 0 Å². The van der Waals surface area contributed by atoms with Crippen molar-refractivity contribution < 1.29 is 13.2 Å². The summed E-state index contributed by atoms with van der Waals surface area (Å²) < 4.78 is 25.7. The van der Waals surface area contributed by atoms with Crippen molar-refractivity contribution in [2.75, 3.05) is 11.4 Å². The fourth-order valence-electron chi connectivity index (χ4n) is 3.11. The Bertz CT molecular complexity index is 874. The van der Waals surface area contributed by atoms with Gasteiger partial charge in [-0.3, -0.25) is 4.79 Å². The first-order valence-electron chi connectivity index (χ1n) is 8.11. The van der Waals surface area contributed by atoms with Crippen LogP contribution in [0.4, 0.5) is 5.69 Å². The minimum atomic E-state index is -3.70. The molecule has 4 nitrogen and oxygen atoms in total. The van der Waals surface area contributed by atoms with Crippen LogP contribution in [0, 0.1) is 6.92 Å². The Morgan fingerprint density at radius 2 is 1.88 bits per heavy atom. The Kier molecular flexibility index (Phi) is 4.45. The molecule has 1 amide bonds. The van der Waals surface area contributed by atoms with Crippen LogP contribution in [0.1, 0.15) is 24.5 Å². The molecule has 0 fully saturated rings. The summed E-state index contributed by atoms with van der Waals surface area (Å²) in [4.78, 5) is 14.7. The number of nitrogens with zero attached hydrogens (tertiary/aromatic N) is 1. The Balaban J connectivity index is 1.93. The minimum Gasteiger partial charge on any atom is -0.311 e. The molecular weight excluding hydrogens is 322 g/mol. The van der Waals surface area contributed by atoms with Gasteiger partial charge in [0.1, 0.15) is 5.25 Å². The summed E-state index contributed by atoms with van der Waals surface area (Å²) >= 11 is 0. The first-order valence-corrected chi connectivity index (χ1v) is 9.66. The molecule has 0 aliphatic carbocycles. The molecule has 0 saturated heterocycles. The van der Waals surface area contributed by atoms with E-state index in [9.17, 15) is 13.2 Å². The average Bonchev–Trinajstić information content (AvgIpc) is 2.60. The number of fused-ring (bicyclic) bond motifs is 1. The highest BCUT2D eigenvalue weighted by molar-refractivity contribution is 7.92. The number of sulfone groups is 1. The van der Waals surface area contributed by atoms with Gasteiger partial charge in [-0.1, -0.05) is 30.3 Å². The van der Waals surface area contributed by atoms with Crippen molar-refractivity contribution in [3.63, 3.8) is 0 Å². The van der Waals surface area contributed by atoms with Crippen LogP contribution in [-0.2, 0) is 21.1 Å².